The van der Waals surface area contributed by atoms with E-state index in [4.69, 9.17) is 4.74 Å². The van der Waals surface area contributed by atoms with Crippen LogP contribution in [0.25, 0.3) is 5.57 Å². The fourth-order valence-electron chi connectivity index (χ4n) is 1.44. The fourth-order valence-corrected chi connectivity index (χ4v) is 1.44. The van der Waals surface area contributed by atoms with Crippen molar-refractivity contribution < 1.29 is 14.6 Å². The van der Waals surface area contributed by atoms with Gasteiger partial charge >= 0.3 is 5.97 Å². The van der Waals surface area contributed by atoms with Gasteiger partial charge in [0.2, 0.25) is 0 Å². The molecule has 16 heavy (non-hydrogen) atoms. The maximum atomic E-state index is 11.3. The van der Waals surface area contributed by atoms with Crippen molar-refractivity contribution in [3.8, 4) is 5.75 Å². The smallest absolute Gasteiger partial charge is 0.331 e. The second-order valence-corrected chi connectivity index (χ2v) is 3.29. The van der Waals surface area contributed by atoms with Gasteiger partial charge in [0, 0.05) is 11.6 Å². The Hall–Kier alpha value is -1.77. The van der Waals surface area contributed by atoms with Gasteiger partial charge in [0.15, 0.2) is 0 Å². The van der Waals surface area contributed by atoms with E-state index < -0.39 is 0 Å². The third-order valence-electron chi connectivity index (χ3n) is 2.21. The molecule has 0 aliphatic rings. The standard InChI is InChI=1S/C13H16O3/c1-3-10(9-13(15)16-4-2)11-7-5-6-8-12(11)14/h5-9,14H,3-4H2,1-2H3. The van der Waals surface area contributed by atoms with Gasteiger partial charge in [0.05, 0.1) is 6.61 Å². The minimum atomic E-state index is -0.373. The van der Waals surface area contributed by atoms with Crippen molar-refractivity contribution in [2.24, 2.45) is 0 Å². The molecule has 86 valence electrons. The predicted octanol–water partition coefficient (Wildman–Crippen LogP) is 2.75. The van der Waals surface area contributed by atoms with Crippen LogP contribution in [0.1, 0.15) is 25.8 Å². The van der Waals surface area contributed by atoms with E-state index in [0.717, 1.165) is 5.57 Å². The third kappa shape index (κ3) is 3.12. The number of hydrogen-bond acceptors (Lipinski definition) is 3. The number of esters is 1. The number of ether oxygens (including phenoxy) is 1. The monoisotopic (exact) mass is 220 g/mol. The van der Waals surface area contributed by atoms with Crippen LogP contribution in [0.3, 0.4) is 0 Å². The Morgan fingerprint density at radius 3 is 2.62 bits per heavy atom. The van der Waals surface area contributed by atoms with Gasteiger partial charge in [-0.05, 0) is 25.0 Å². The summed E-state index contributed by atoms with van der Waals surface area (Å²) in [6, 6.07) is 6.95. The summed E-state index contributed by atoms with van der Waals surface area (Å²) in [7, 11) is 0. The average Bonchev–Trinajstić information content (AvgIpc) is 2.27. The molecule has 0 aromatic heterocycles. The van der Waals surface area contributed by atoms with Crippen LogP contribution in [0.4, 0.5) is 0 Å². The highest BCUT2D eigenvalue weighted by Gasteiger charge is 2.07. The lowest BCUT2D eigenvalue weighted by Crippen LogP contribution is -2.01. The van der Waals surface area contributed by atoms with Gasteiger partial charge in [-0.15, -0.1) is 0 Å². The summed E-state index contributed by atoms with van der Waals surface area (Å²) in [5.74, 6) is -0.192. The molecule has 0 aliphatic heterocycles. The molecule has 3 nitrogen and oxygen atoms in total. The molecule has 3 heteroatoms. The number of phenolic OH excluding ortho intramolecular Hbond substituents is 1. The summed E-state index contributed by atoms with van der Waals surface area (Å²) >= 11 is 0. The largest absolute Gasteiger partial charge is 0.507 e. The van der Waals surface area contributed by atoms with Crippen molar-refractivity contribution in [1.82, 2.24) is 0 Å². The zero-order valence-electron chi connectivity index (χ0n) is 9.56. The van der Waals surface area contributed by atoms with Crippen LogP contribution in [-0.4, -0.2) is 17.7 Å². The zero-order valence-corrected chi connectivity index (χ0v) is 9.56. The number of aromatic hydroxyl groups is 1. The lowest BCUT2D eigenvalue weighted by Gasteiger charge is -2.07. The van der Waals surface area contributed by atoms with Gasteiger partial charge in [-0.3, -0.25) is 0 Å². The number of phenols is 1. The molecule has 1 N–H and O–H groups in total. The van der Waals surface area contributed by atoms with E-state index in [9.17, 15) is 9.90 Å². The van der Waals surface area contributed by atoms with Crippen molar-refractivity contribution in [2.45, 2.75) is 20.3 Å². The van der Waals surface area contributed by atoms with Crippen molar-refractivity contribution in [3.05, 3.63) is 35.9 Å². The molecule has 0 unspecified atom stereocenters. The highest BCUT2D eigenvalue weighted by Crippen LogP contribution is 2.26. The number of rotatable bonds is 4. The highest BCUT2D eigenvalue weighted by atomic mass is 16.5. The lowest BCUT2D eigenvalue weighted by molar-refractivity contribution is -0.137. The number of allylic oxidation sites excluding steroid dienone is 1. The second kappa shape index (κ2) is 5.95. The summed E-state index contributed by atoms with van der Waals surface area (Å²) in [5, 5.41) is 9.66. The fraction of sp³-hybridized carbons (Fsp3) is 0.308. The molecular weight excluding hydrogens is 204 g/mol. The molecule has 0 atom stereocenters. The van der Waals surface area contributed by atoms with E-state index in [-0.39, 0.29) is 11.7 Å². The maximum Gasteiger partial charge on any atom is 0.331 e. The maximum absolute atomic E-state index is 11.3. The Labute approximate surface area is 95.4 Å². The normalized spacial score (nSPS) is 11.2. The molecule has 0 aliphatic carbocycles. The molecular formula is C13H16O3. The van der Waals surface area contributed by atoms with Crippen LogP contribution >= 0.6 is 0 Å². The first kappa shape index (κ1) is 12.3. The number of benzene rings is 1. The Balaban J connectivity index is 2.99. The van der Waals surface area contributed by atoms with Crippen LogP contribution in [-0.2, 0) is 9.53 Å². The predicted molar refractivity (Wildman–Crippen MR) is 63.0 cm³/mol. The van der Waals surface area contributed by atoms with Crippen LogP contribution in [0, 0.1) is 0 Å². The van der Waals surface area contributed by atoms with E-state index in [1.54, 1.807) is 25.1 Å². The quantitative estimate of drug-likeness (QED) is 0.627. The van der Waals surface area contributed by atoms with E-state index >= 15 is 0 Å². The molecule has 0 fully saturated rings. The highest BCUT2D eigenvalue weighted by molar-refractivity contribution is 5.92. The van der Waals surface area contributed by atoms with Crippen molar-refractivity contribution >= 4 is 11.5 Å². The summed E-state index contributed by atoms with van der Waals surface area (Å²) in [4.78, 5) is 11.3. The van der Waals surface area contributed by atoms with Gasteiger partial charge in [-0.25, -0.2) is 4.79 Å². The Morgan fingerprint density at radius 2 is 2.06 bits per heavy atom. The SMILES string of the molecule is CCOC(=O)C=C(CC)c1ccccc1O. The van der Waals surface area contributed by atoms with Crippen LogP contribution < -0.4 is 0 Å². The van der Waals surface area contributed by atoms with Crippen LogP contribution in [0.5, 0.6) is 5.75 Å². The molecule has 0 radical (unpaired) electrons. The Bertz CT molecular complexity index is 394. The van der Waals surface area contributed by atoms with Gasteiger partial charge in [0.1, 0.15) is 5.75 Å². The van der Waals surface area contributed by atoms with Gasteiger partial charge < -0.3 is 9.84 Å². The Morgan fingerprint density at radius 1 is 1.38 bits per heavy atom. The van der Waals surface area contributed by atoms with Crippen molar-refractivity contribution in [1.29, 1.82) is 0 Å². The topological polar surface area (TPSA) is 46.5 Å². The number of carbonyl (C=O) groups is 1. The molecule has 0 spiro atoms. The van der Waals surface area contributed by atoms with E-state index in [2.05, 4.69) is 0 Å². The summed E-state index contributed by atoms with van der Waals surface area (Å²) in [5.41, 5.74) is 1.45. The van der Waals surface area contributed by atoms with Gasteiger partial charge in [-0.1, -0.05) is 25.1 Å². The van der Waals surface area contributed by atoms with E-state index in [1.807, 2.05) is 13.0 Å². The van der Waals surface area contributed by atoms with Crippen molar-refractivity contribution in [3.63, 3.8) is 0 Å². The minimum absolute atomic E-state index is 0.180. The number of hydrogen-bond donors (Lipinski definition) is 1. The molecule has 0 bridgehead atoms. The Kier molecular flexibility index (Phi) is 4.58. The van der Waals surface area contributed by atoms with Gasteiger partial charge in [-0.2, -0.15) is 0 Å². The first-order valence-electron chi connectivity index (χ1n) is 5.34. The summed E-state index contributed by atoms with van der Waals surface area (Å²) in [6.07, 6.45) is 2.09. The molecule has 0 saturated heterocycles. The molecule has 1 aromatic carbocycles. The third-order valence-corrected chi connectivity index (χ3v) is 2.21. The van der Waals surface area contributed by atoms with Gasteiger partial charge in [0.25, 0.3) is 0 Å². The zero-order chi connectivity index (χ0) is 12.0. The first-order chi connectivity index (χ1) is 7.69. The molecule has 1 rings (SSSR count). The van der Waals surface area contributed by atoms with Crippen LogP contribution in [0.15, 0.2) is 30.3 Å². The molecule has 0 heterocycles. The minimum Gasteiger partial charge on any atom is -0.507 e. The summed E-state index contributed by atoms with van der Waals surface area (Å²) < 4.78 is 4.84. The number of carbonyl (C=O) groups excluding carboxylic acids is 1. The van der Waals surface area contributed by atoms with Crippen LogP contribution in [0.2, 0.25) is 0 Å². The van der Waals surface area contributed by atoms with Crippen molar-refractivity contribution in [2.75, 3.05) is 6.61 Å². The number of para-hydroxylation sites is 1. The first-order valence-corrected chi connectivity index (χ1v) is 5.34. The lowest BCUT2D eigenvalue weighted by atomic mass is 10.0. The van der Waals surface area contributed by atoms with E-state index in [0.29, 0.717) is 18.6 Å². The average molecular weight is 220 g/mol. The summed E-state index contributed by atoms with van der Waals surface area (Å²) in [6.45, 7) is 4.04. The molecule has 1 aromatic rings. The second-order valence-electron chi connectivity index (χ2n) is 3.29. The van der Waals surface area contributed by atoms with E-state index in [1.165, 1.54) is 6.08 Å². The molecule has 0 amide bonds. The molecule has 0 saturated carbocycles.